The third kappa shape index (κ3) is 3.72. The summed E-state index contributed by atoms with van der Waals surface area (Å²) in [5.41, 5.74) is 0. The van der Waals surface area contributed by atoms with Crippen LogP contribution in [0.1, 0.15) is 62.3 Å². The molecule has 3 rings (SSSR count). The molecule has 1 unspecified atom stereocenters. The lowest BCUT2D eigenvalue weighted by molar-refractivity contribution is -0.133. The van der Waals surface area contributed by atoms with E-state index in [9.17, 15) is 4.79 Å². The molecule has 1 aromatic rings. The Labute approximate surface area is 138 Å². The van der Waals surface area contributed by atoms with Gasteiger partial charge in [0.25, 0.3) is 0 Å². The van der Waals surface area contributed by atoms with Gasteiger partial charge in [0.1, 0.15) is 0 Å². The lowest BCUT2D eigenvalue weighted by Crippen LogP contribution is -2.42. The van der Waals surface area contributed by atoms with Crippen LogP contribution in [0.25, 0.3) is 0 Å². The van der Waals surface area contributed by atoms with Crippen molar-refractivity contribution in [2.75, 3.05) is 20.1 Å². The Morgan fingerprint density at radius 3 is 2.68 bits per heavy atom. The van der Waals surface area contributed by atoms with Gasteiger partial charge in [0.05, 0.1) is 12.6 Å². The van der Waals surface area contributed by atoms with Gasteiger partial charge in [-0.15, -0.1) is 11.3 Å². The smallest absolute Gasteiger partial charge is 0.237 e. The van der Waals surface area contributed by atoms with Crippen LogP contribution in [-0.2, 0) is 4.79 Å². The van der Waals surface area contributed by atoms with Crippen molar-refractivity contribution in [3.63, 3.8) is 0 Å². The summed E-state index contributed by atoms with van der Waals surface area (Å²) in [6.07, 6.45) is 10.2. The minimum Gasteiger partial charge on any atom is -0.334 e. The van der Waals surface area contributed by atoms with Gasteiger partial charge in [-0.3, -0.25) is 9.69 Å². The summed E-state index contributed by atoms with van der Waals surface area (Å²) in [7, 11) is 2.14. The molecule has 0 radical (unpaired) electrons. The van der Waals surface area contributed by atoms with Crippen molar-refractivity contribution < 1.29 is 4.79 Å². The van der Waals surface area contributed by atoms with E-state index in [4.69, 9.17) is 0 Å². The number of hydrogen-bond acceptors (Lipinski definition) is 3. The summed E-state index contributed by atoms with van der Waals surface area (Å²) >= 11 is 1.78. The first kappa shape index (κ1) is 16.0. The summed E-state index contributed by atoms with van der Waals surface area (Å²) in [5.74, 6) is 0.322. The number of nitrogens with zero attached hydrogens (tertiary/aromatic N) is 2. The van der Waals surface area contributed by atoms with Crippen LogP contribution in [0.15, 0.2) is 17.5 Å². The molecule has 2 heterocycles. The largest absolute Gasteiger partial charge is 0.334 e. The van der Waals surface area contributed by atoms with Crippen LogP contribution < -0.4 is 0 Å². The van der Waals surface area contributed by atoms with Crippen LogP contribution in [0, 0.1) is 0 Å². The van der Waals surface area contributed by atoms with Crippen molar-refractivity contribution in [1.82, 2.24) is 9.80 Å². The van der Waals surface area contributed by atoms with Crippen LogP contribution in [-0.4, -0.2) is 41.9 Å². The zero-order chi connectivity index (χ0) is 15.4. The molecule has 2 aliphatic rings. The second-order valence-corrected chi connectivity index (χ2v) is 7.80. The first-order valence-corrected chi connectivity index (χ1v) is 9.67. The van der Waals surface area contributed by atoms with Crippen molar-refractivity contribution in [3.8, 4) is 0 Å². The topological polar surface area (TPSA) is 23.6 Å². The number of likely N-dealkylation sites (tertiary alicyclic amines) is 1. The average Bonchev–Trinajstić information content (AvgIpc) is 3.12. The van der Waals surface area contributed by atoms with Crippen LogP contribution in [0.5, 0.6) is 0 Å². The summed E-state index contributed by atoms with van der Waals surface area (Å²) < 4.78 is 0. The molecule has 1 saturated carbocycles. The maximum atomic E-state index is 12.8. The van der Waals surface area contributed by atoms with Gasteiger partial charge in [-0.2, -0.15) is 0 Å². The zero-order valence-electron chi connectivity index (χ0n) is 13.7. The van der Waals surface area contributed by atoms with E-state index >= 15 is 0 Å². The molecule has 1 saturated heterocycles. The Hall–Kier alpha value is -0.870. The number of carbonyl (C=O) groups is 1. The number of rotatable bonds is 4. The summed E-state index contributed by atoms with van der Waals surface area (Å²) in [6, 6.07) is 5.21. The fraction of sp³-hybridized carbons (Fsp3) is 0.722. The van der Waals surface area contributed by atoms with Crippen molar-refractivity contribution in [2.24, 2.45) is 0 Å². The summed E-state index contributed by atoms with van der Waals surface area (Å²) in [5, 5.41) is 2.12. The standard InChI is InChI=1S/C18H28N2OS/c1-19(15-8-4-2-3-5-9-15)14-18(21)20-12-6-10-16(20)17-11-7-13-22-17/h7,11,13,15-16H,2-6,8-10,12,14H2,1H3. The third-order valence-corrected chi connectivity index (χ3v) is 6.25. The van der Waals surface area contributed by atoms with Gasteiger partial charge < -0.3 is 4.90 Å². The van der Waals surface area contributed by atoms with Crippen molar-refractivity contribution in [1.29, 1.82) is 0 Å². The van der Waals surface area contributed by atoms with Crippen molar-refractivity contribution >= 4 is 17.2 Å². The van der Waals surface area contributed by atoms with Crippen LogP contribution >= 0.6 is 11.3 Å². The SMILES string of the molecule is CN(CC(=O)N1CCCC1c1cccs1)C1CCCCCC1. The van der Waals surface area contributed by atoms with E-state index in [0.717, 1.165) is 19.4 Å². The maximum Gasteiger partial charge on any atom is 0.237 e. The minimum absolute atomic E-state index is 0.322. The number of amides is 1. The lowest BCUT2D eigenvalue weighted by atomic mass is 10.1. The van der Waals surface area contributed by atoms with Crippen LogP contribution in [0.4, 0.5) is 0 Å². The molecule has 122 valence electrons. The number of thiophene rings is 1. The van der Waals surface area contributed by atoms with Crippen molar-refractivity contribution in [2.45, 2.75) is 63.5 Å². The molecule has 1 atom stereocenters. The molecule has 1 aliphatic carbocycles. The van der Waals surface area contributed by atoms with E-state index in [2.05, 4.69) is 34.4 Å². The highest BCUT2D eigenvalue weighted by molar-refractivity contribution is 7.10. The Kier molecular flexibility index (Phi) is 5.53. The van der Waals surface area contributed by atoms with Gasteiger partial charge in [0.15, 0.2) is 0 Å². The highest BCUT2D eigenvalue weighted by Gasteiger charge is 2.31. The monoisotopic (exact) mass is 320 g/mol. The molecule has 0 bridgehead atoms. The fourth-order valence-electron chi connectivity index (χ4n) is 3.97. The molecule has 2 fully saturated rings. The first-order chi connectivity index (χ1) is 10.8. The molecule has 0 spiro atoms. The quantitative estimate of drug-likeness (QED) is 0.781. The predicted molar refractivity (Wildman–Crippen MR) is 92.1 cm³/mol. The second kappa shape index (κ2) is 7.60. The minimum atomic E-state index is 0.322. The molecule has 1 aliphatic heterocycles. The Bertz CT molecular complexity index is 465. The molecule has 1 amide bonds. The van der Waals surface area contributed by atoms with E-state index in [0.29, 0.717) is 24.5 Å². The van der Waals surface area contributed by atoms with Gasteiger partial charge in [0, 0.05) is 17.5 Å². The van der Waals surface area contributed by atoms with E-state index in [-0.39, 0.29) is 0 Å². The van der Waals surface area contributed by atoms with E-state index in [1.807, 2.05) is 0 Å². The Morgan fingerprint density at radius 2 is 2.00 bits per heavy atom. The molecule has 22 heavy (non-hydrogen) atoms. The predicted octanol–water partition coefficient (Wildman–Crippen LogP) is 4.07. The number of carbonyl (C=O) groups excluding carboxylic acids is 1. The third-order valence-electron chi connectivity index (χ3n) is 5.28. The molecular weight excluding hydrogens is 292 g/mol. The number of likely N-dealkylation sites (N-methyl/N-ethyl adjacent to an activating group) is 1. The molecule has 0 N–H and O–H groups in total. The highest BCUT2D eigenvalue weighted by Crippen LogP contribution is 2.34. The highest BCUT2D eigenvalue weighted by atomic mass is 32.1. The summed E-state index contributed by atoms with van der Waals surface area (Å²) in [6.45, 7) is 1.52. The fourth-order valence-corrected chi connectivity index (χ4v) is 4.85. The number of hydrogen-bond donors (Lipinski definition) is 0. The van der Waals surface area contributed by atoms with E-state index in [1.165, 1.54) is 43.4 Å². The zero-order valence-corrected chi connectivity index (χ0v) is 14.5. The van der Waals surface area contributed by atoms with Gasteiger partial charge in [-0.05, 0) is 44.2 Å². The van der Waals surface area contributed by atoms with Gasteiger partial charge in [-0.1, -0.05) is 31.7 Å². The van der Waals surface area contributed by atoms with Gasteiger partial charge in [-0.25, -0.2) is 0 Å². The Morgan fingerprint density at radius 1 is 1.23 bits per heavy atom. The van der Waals surface area contributed by atoms with Gasteiger partial charge >= 0.3 is 0 Å². The molecule has 0 aromatic carbocycles. The lowest BCUT2D eigenvalue weighted by Gasteiger charge is -2.30. The molecule has 4 heteroatoms. The van der Waals surface area contributed by atoms with Crippen molar-refractivity contribution in [3.05, 3.63) is 22.4 Å². The average molecular weight is 321 g/mol. The molecule has 3 nitrogen and oxygen atoms in total. The first-order valence-electron chi connectivity index (χ1n) is 8.79. The van der Waals surface area contributed by atoms with E-state index < -0.39 is 0 Å². The van der Waals surface area contributed by atoms with Crippen LogP contribution in [0.3, 0.4) is 0 Å². The van der Waals surface area contributed by atoms with Gasteiger partial charge in [0.2, 0.25) is 5.91 Å². The van der Waals surface area contributed by atoms with E-state index in [1.54, 1.807) is 11.3 Å². The maximum absolute atomic E-state index is 12.8. The summed E-state index contributed by atoms with van der Waals surface area (Å²) in [4.78, 5) is 18.6. The molecular formula is C18H28N2OS. The second-order valence-electron chi connectivity index (χ2n) is 6.82. The molecule has 1 aromatic heterocycles. The van der Waals surface area contributed by atoms with Crippen LogP contribution in [0.2, 0.25) is 0 Å². The normalized spacial score (nSPS) is 23.9. The Balaban J connectivity index is 1.58.